The van der Waals surface area contributed by atoms with Crippen molar-refractivity contribution in [1.82, 2.24) is 19.4 Å². The topological polar surface area (TPSA) is 72.3 Å². The van der Waals surface area contributed by atoms with E-state index in [0.717, 1.165) is 44.3 Å². The molecule has 198 valence electrons. The lowest BCUT2D eigenvalue weighted by Gasteiger charge is -2.38. The number of piperidine rings is 1. The SMILES string of the molecule is Cc1cnc(N[C@@H]2CN(C(=O)OC(C)(C)C)CC[C@@H]2C)nc1-c1cn(-c2ccccc2)c2cc(Br)ccc12. The van der Waals surface area contributed by atoms with Gasteiger partial charge in [-0.25, -0.2) is 14.8 Å². The highest BCUT2D eigenvalue weighted by atomic mass is 79.9. The van der Waals surface area contributed by atoms with E-state index in [-0.39, 0.29) is 12.1 Å². The molecule has 0 unspecified atom stereocenters. The van der Waals surface area contributed by atoms with Gasteiger partial charge in [0, 0.05) is 52.6 Å². The summed E-state index contributed by atoms with van der Waals surface area (Å²) in [5.41, 5.74) is 4.60. The molecule has 5 rings (SSSR count). The van der Waals surface area contributed by atoms with Crippen molar-refractivity contribution in [2.45, 2.75) is 52.7 Å². The van der Waals surface area contributed by atoms with Crippen LogP contribution in [0.5, 0.6) is 0 Å². The number of benzene rings is 2. The van der Waals surface area contributed by atoms with Gasteiger partial charge in [-0.1, -0.05) is 47.1 Å². The van der Waals surface area contributed by atoms with Gasteiger partial charge < -0.3 is 19.5 Å². The van der Waals surface area contributed by atoms with Crippen LogP contribution < -0.4 is 5.32 Å². The molecule has 1 fully saturated rings. The van der Waals surface area contributed by atoms with Gasteiger partial charge in [-0.2, -0.15) is 0 Å². The zero-order chi connectivity index (χ0) is 27.0. The maximum Gasteiger partial charge on any atom is 0.410 e. The number of anilines is 1. The van der Waals surface area contributed by atoms with Crippen LogP contribution in [-0.2, 0) is 4.74 Å². The molecule has 1 aliphatic heterocycles. The third-order valence-electron chi connectivity index (χ3n) is 6.95. The summed E-state index contributed by atoms with van der Waals surface area (Å²) in [4.78, 5) is 24.1. The maximum absolute atomic E-state index is 12.7. The first-order valence-electron chi connectivity index (χ1n) is 13.0. The number of rotatable bonds is 4. The summed E-state index contributed by atoms with van der Waals surface area (Å²) in [5.74, 6) is 0.922. The van der Waals surface area contributed by atoms with E-state index < -0.39 is 5.60 Å². The Balaban J connectivity index is 1.47. The van der Waals surface area contributed by atoms with E-state index in [1.54, 1.807) is 4.90 Å². The maximum atomic E-state index is 12.7. The second kappa shape index (κ2) is 10.4. The van der Waals surface area contributed by atoms with Crippen LogP contribution >= 0.6 is 15.9 Å². The minimum Gasteiger partial charge on any atom is -0.444 e. The van der Waals surface area contributed by atoms with Crippen LogP contribution in [0.25, 0.3) is 27.8 Å². The van der Waals surface area contributed by atoms with Gasteiger partial charge in [-0.15, -0.1) is 0 Å². The summed E-state index contributed by atoms with van der Waals surface area (Å²) in [6.45, 7) is 11.1. The number of carbonyl (C=O) groups excluding carboxylic acids is 1. The van der Waals surface area contributed by atoms with Gasteiger partial charge in [0.1, 0.15) is 5.60 Å². The normalized spacial score (nSPS) is 18.0. The molecule has 2 aromatic heterocycles. The minimum absolute atomic E-state index is 0.0217. The second-order valence-corrected chi connectivity index (χ2v) is 12.0. The number of nitrogens with one attached hydrogen (secondary N) is 1. The van der Waals surface area contributed by atoms with Crippen LogP contribution in [0.2, 0.25) is 0 Å². The number of aromatic nitrogens is 3. The molecule has 0 radical (unpaired) electrons. The van der Waals surface area contributed by atoms with Gasteiger partial charge in [-0.05, 0) is 69.9 Å². The minimum atomic E-state index is -0.521. The van der Waals surface area contributed by atoms with Crippen LogP contribution in [0.1, 0.15) is 39.7 Å². The molecule has 38 heavy (non-hydrogen) atoms. The van der Waals surface area contributed by atoms with Crippen LogP contribution in [0.3, 0.4) is 0 Å². The lowest BCUT2D eigenvalue weighted by Crippen LogP contribution is -2.50. The van der Waals surface area contributed by atoms with Gasteiger partial charge in [0.05, 0.1) is 11.2 Å². The number of halogens is 1. The number of fused-ring (bicyclic) bond motifs is 1. The quantitative estimate of drug-likeness (QED) is 0.278. The van der Waals surface area contributed by atoms with E-state index in [9.17, 15) is 4.79 Å². The number of likely N-dealkylation sites (tertiary alicyclic amines) is 1. The molecule has 0 saturated carbocycles. The number of hydrogen-bond donors (Lipinski definition) is 1. The largest absolute Gasteiger partial charge is 0.444 e. The third-order valence-corrected chi connectivity index (χ3v) is 7.45. The third kappa shape index (κ3) is 5.55. The molecular formula is C30H34BrN5O2. The van der Waals surface area contributed by atoms with Crippen LogP contribution in [0, 0.1) is 12.8 Å². The Labute approximate surface area is 232 Å². The number of ether oxygens (including phenoxy) is 1. The predicted octanol–water partition coefficient (Wildman–Crippen LogP) is 7.22. The zero-order valence-electron chi connectivity index (χ0n) is 22.5. The Hall–Kier alpha value is -3.39. The van der Waals surface area contributed by atoms with E-state index >= 15 is 0 Å². The molecule has 0 aliphatic carbocycles. The summed E-state index contributed by atoms with van der Waals surface area (Å²) in [6.07, 6.45) is 4.63. The monoisotopic (exact) mass is 575 g/mol. The van der Waals surface area contributed by atoms with Crippen molar-refractivity contribution in [2.75, 3.05) is 18.4 Å². The molecule has 7 nitrogen and oxygen atoms in total. The van der Waals surface area contributed by atoms with Crippen molar-refractivity contribution in [3.63, 3.8) is 0 Å². The molecule has 0 bridgehead atoms. The van der Waals surface area contributed by atoms with Gasteiger partial charge in [-0.3, -0.25) is 0 Å². The highest BCUT2D eigenvalue weighted by molar-refractivity contribution is 9.10. The standard InChI is InChI=1S/C30H34BrN5O2/c1-19-13-14-35(29(37)38-30(3,4)5)18-25(19)33-28-32-16-20(2)27(34-28)24-17-36(22-9-7-6-8-10-22)26-15-21(31)11-12-23(24)26/h6-12,15-17,19,25H,13-14,18H2,1-5H3,(H,32,33,34)/t19-,25+/m0/s1. The first-order chi connectivity index (χ1) is 18.1. The number of carbonyl (C=O) groups is 1. The van der Waals surface area contributed by atoms with Crippen molar-refractivity contribution in [1.29, 1.82) is 0 Å². The highest BCUT2D eigenvalue weighted by Gasteiger charge is 2.32. The Morgan fingerprint density at radius 3 is 2.66 bits per heavy atom. The molecule has 4 aromatic rings. The predicted molar refractivity (Wildman–Crippen MR) is 156 cm³/mol. The van der Waals surface area contributed by atoms with Crippen molar-refractivity contribution in [2.24, 2.45) is 5.92 Å². The number of nitrogens with zero attached hydrogens (tertiary/aromatic N) is 4. The van der Waals surface area contributed by atoms with Crippen LogP contribution in [-0.4, -0.2) is 50.3 Å². The smallest absolute Gasteiger partial charge is 0.410 e. The van der Waals surface area contributed by atoms with Crippen molar-refractivity contribution >= 4 is 38.9 Å². The molecule has 2 aromatic carbocycles. The molecule has 1 N–H and O–H groups in total. The summed E-state index contributed by atoms with van der Waals surface area (Å²) in [6, 6.07) is 16.7. The zero-order valence-corrected chi connectivity index (χ0v) is 24.1. The number of para-hydroxylation sites is 1. The molecule has 2 atom stereocenters. The first kappa shape index (κ1) is 26.2. The molecular weight excluding hydrogens is 542 g/mol. The molecule has 0 spiro atoms. The molecule has 1 aliphatic rings. The van der Waals surface area contributed by atoms with Crippen molar-refractivity contribution in [3.8, 4) is 16.9 Å². The first-order valence-corrected chi connectivity index (χ1v) is 13.8. The highest BCUT2D eigenvalue weighted by Crippen LogP contribution is 2.35. The Bertz CT molecular complexity index is 1460. The van der Waals surface area contributed by atoms with Gasteiger partial charge >= 0.3 is 6.09 Å². The molecule has 8 heteroatoms. The van der Waals surface area contributed by atoms with E-state index in [1.807, 2.05) is 52.1 Å². The summed E-state index contributed by atoms with van der Waals surface area (Å²) >= 11 is 3.64. The second-order valence-electron chi connectivity index (χ2n) is 11.1. The fraction of sp³-hybridized carbons (Fsp3) is 0.367. The fourth-order valence-corrected chi connectivity index (χ4v) is 5.24. The summed E-state index contributed by atoms with van der Waals surface area (Å²) in [7, 11) is 0. The average Bonchev–Trinajstić information content (AvgIpc) is 3.24. The number of hydrogen-bond acceptors (Lipinski definition) is 5. The Morgan fingerprint density at radius 1 is 1.16 bits per heavy atom. The fourth-order valence-electron chi connectivity index (χ4n) is 4.89. The van der Waals surface area contributed by atoms with E-state index in [0.29, 0.717) is 25.0 Å². The Kier molecular flexibility index (Phi) is 7.18. The van der Waals surface area contributed by atoms with E-state index in [4.69, 9.17) is 9.72 Å². The number of aryl methyl sites for hydroxylation is 1. The van der Waals surface area contributed by atoms with E-state index in [1.165, 1.54) is 0 Å². The van der Waals surface area contributed by atoms with Crippen LogP contribution in [0.4, 0.5) is 10.7 Å². The van der Waals surface area contributed by atoms with Gasteiger partial charge in [0.25, 0.3) is 0 Å². The van der Waals surface area contributed by atoms with E-state index in [2.05, 4.69) is 74.3 Å². The van der Waals surface area contributed by atoms with Gasteiger partial charge in [0.15, 0.2) is 0 Å². The average molecular weight is 577 g/mol. The van der Waals surface area contributed by atoms with Crippen LogP contribution in [0.15, 0.2) is 65.4 Å². The summed E-state index contributed by atoms with van der Waals surface area (Å²) in [5, 5.41) is 4.64. The number of amides is 1. The summed E-state index contributed by atoms with van der Waals surface area (Å²) < 4.78 is 8.84. The van der Waals surface area contributed by atoms with Gasteiger partial charge in [0.2, 0.25) is 5.95 Å². The molecule has 1 saturated heterocycles. The lowest BCUT2D eigenvalue weighted by atomic mass is 9.94. The van der Waals surface area contributed by atoms with Crippen molar-refractivity contribution in [3.05, 3.63) is 71.0 Å². The Morgan fingerprint density at radius 2 is 1.92 bits per heavy atom. The lowest BCUT2D eigenvalue weighted by molar-refractivity contribution is 0.0176. The van der Waals surface area contributed by atoms with Crippen molar-refractivity contribution < 1.29 is 9.53 Å². The molecule has 3 heterocycles. The molecule has 1 amide bonds.